The van der Waals surface area contributed by atoms with Crippen molar-refractivity contribution in [3.8, 4) is 11.4 Å². The molecule has 126 valence electrons. The first-order valence-corrected chi connectivity index (χ1v) is 8.05. The van der Waals surface area contributed by atoms with Gasteiger partial charge in [0.15, 0.2) is 0 Å². The van der Waals surface area contributed by atoms with E-state index in [1.54, 1.807) is 17.3 Å². The fourth-order valence-electron chi connectivity index (χ4n) is 2.66. The number of carbonyl (C=O) groups excluding carboxylic acids is 1. The molecule has 1 aliphatic rings. The minimum absolute atomic E-state index is 0.0758. The predicted octanol–water partition coefficient (Wildman–Crippen LogP) is 3.07. The first-order valence-electron chi connectivity index (χ1n) is 8.05. The first kappa shape index (κ1) is 15.3. The van der Waals surface area contributed by atoms with Gasteiger partial charge in [0.25, 0.3) is 0 Å². The Balaban J connectivity index is 1.35. The molecule has 0 unspecified atom stereocenters. The number of pyridine rings is 1. The summed E-state index contributed by atoms with van der Waals surface area (Å²) in [7, 11) is 0. The zero-order valence-electron chi connectivity index (χ0n) is 13.7. The molecule has 0 saturated carbocycles. The summed E-state index contributed by atoms with van der Waals surface area (Å²) in [6, 6.07) is 11.3. The Hall–Kier alpha value is -3.22. The maximum absolute atomic E-state index is 12.2. The molecular weight excluding hydrogens is 318 g/mol. The van der Waals surface area contributed by atoms with Crippen molar-refractivity contribution in [2.24, 2.45) is 0 Å². The van der Waals surface area contributed by atoms with Crippen LogP contribution in [-0.4, -0.2) is 39.1 Å². The molecule has 4 rings (SSSR count). The predicted molar refractivity (Wildman–Crippen MR) is 92.0 cm³/mol. The third-order valence-electron chi connectivity index (χ3n) is 4.20. The van der Waals surface area contributed by atoms with E-state index in [4.69, 9.17) is 4.52 Å². The standard InChI is InChI=1S/C18H17N5O2/c1-12-2-4-15(5-3-12)20-18(24)23-10-14(11-23)17-21-16(22-25-17)13-6-8-19-9-7-13/h2-9,14H,10-11H2,1H3,(H,20,24). The number of hydrogen-bond donors (Lipinski definition) is 1. The van der Waals surface area contributed by atoms with E-state index in [0.717, 1.165) is 16.8 Å². The van der Waals surface area contributed by atoms with Crippen LogP contribution in [0.4, 0.5) is 10.5 Å². The van der Waals surface area contributed by atoms with Crippen LogP contribution >= 0.6 is 0 Å². The lowest BCUT2D eigenvalue weighted by Gasteiger charge is -2.36. The van der Waals surface area contributed by atoms with Gasteiger partial charge in [0.2, 0.25) is 11.7 Å². The maximum Gasteiger partial charge on any atom is 0.321 e. The molecule has 0 bridgehead atoms. The average Bonchev–Trinajstić information content (AvgIpc) is 3.06. The van der Waals surface area contributed by atoms with Crippen LogP contribution in [-0.2, 0) is 0 Å². The highest BCUT2D eigenvalue weighted by atomic mass is 16.5. The van der Waals surface area contributed by atoms with Gasteiger partial charge in [0.05, 0.1) is 5.92 Å². The molecule has 0 spiro atoms. The fourth-order valence-corrected chi connectivity index (χ4v) is 2.66. The summed E-state index contributed by atoms with van der Waals surface area (Å²) < 4.78 is 5.34. The molecule has 0 aliphatic carbocycles. The van der Waals surface area contributed by atoms with Gasteiger partial charge in [-0.3, -0.25) is 4.98 Å². The second-order valence-electron chi connectivity index (χ2n) is 6.09. The number of likely N-dealkylation sites (tertiary alicyclic amines) is 1. The molecule has 0 atom stereocenters. The lowest BCUT2D eigenvalue weighted by Crippen LogP contribution is -2.50. The zero-order chi connectivity index (χ0) is 17.2. The number of rotatable bonds is 3. The lowest BCUT2D eigenvalue weighted by molar-refractivity contribution is 0.147. The van der Waals surface area contributed by atoms with Crippen molar-refractivity contribution in [1.82, 2.24) is 20.0 Å². The average molecular weight is 335 g/mol. The third kappa shape index (κ3) is 3.21. The quantitative estimate of drug-likeness (QED) is 0.795. The molecule has 2 aromatic heterocycles. The van der Waals surface area contributed by atoms with E-state index >= 15 is 0 Å². The minimum Gasteiger partial charge on any atom is -0.339 e. The molecule has 7 nitrogen and oxygen atoms in total. The van der Waals surface area contributed by atoms with Gasteiger partial charge in [-0.15, -0.1) is 0 Å². The van der Waals surface area contributed by atoms with E-state index in [2.05, 4.69) is 20.4 Å². The highest BCUT2D eigenvalue weighted by molar-refractivity contribution is 5.90. The number of aromatic nitrogens is 3. The van der Waals surface area contributed by atoms with Crippen LogP contribution < -0.4 is 5.32 Å². The highest BCUT2D eigenvalue weighted by Crippen LogP contribution is 2.28. The van der Waals surface area contributed by atoms with Crippen LogP contribution in [0.2, 0.25) is 0 Å². The Bertz CT molecular complexity index is 870. The summed E-state index contributed by atoms with van der Waals surface area (Å²) in [6.07, 6.45) is 3.37. The molecule has 25 heavy (non-hydrogen) atoms. The Morgan fingerprint density at radius 2 is 1.88 bits per heavy atom. The van der Waals surface area contributed by atoms with Crippen LogP contribution in [0.5, 0.6) is 0 Å². The number of urea groups is 1. The van der Waals surface area contributed by atoms with Gasteiger partial charge in [0, 0.05) is 36.7 Å². The van der Waals surface area contributed by atoms with Gasteiger partial charge in [-0.05, 0) is 31.2 Å². The second kappa shape index (κ2) is 6.35. The third-order valence-corrected chi connectivity index (χ3v) is 4.20. The molecule has 1 N–H and O–H groups in total. The first-order chi connectivity index (χ1) is 12.2. The molecule has 3 heterocycles. The number of carbonyl (C=O) groups is 1. The summed E-state index contributed by atoms with van der Waals surface area (Å²) in [6.45, 7) is 3.14. The van der Waals surface area contributed by atoms with Crippen LogP contribution in [0.1, 0.15) is 17.4 Å². The molecule has 3 aromatic rings. The van der Waals surface area contributed by atoms with Gasteiger partial charge in [-0.1, -0.05) is 22.9 Å². The van der Waals surface area contributed by atoms with Crippen LogP contribution in [0.15, 0.2) is 53.3 Å². The number of hydrogen-bond acceptors (Lipinski definition) is 5. The van der Waals surface area contributed by atoms with Crippen molar-refractivity contribution in [3.05, 3.63) is 60.2 Å². The molecule has 1 fully saturated rings. The van der Waals surface area contributed by atoms with E-state index in [1.807, 2.05) is 43.3 Å². The van der Waals surface area contributed by atoms with E-state index in [1.165, 1.54) is 0 Å². The fraction of sp³-hybridized carbons (Fsp3) is 0.222. The normalized spacial score (nSPS) is 14.2. The second-order valence-corrected chi connectivity index (χ2v) is 6.09. The SMILES string of the molecule is Cc1ccc(NC(=O)N2CC(c3nc(-c4ccncc4)no3)C2)cc1. The Morgan fingerprint density at radius 1 is 1.16 bits per heavy atom. The maximum atomic E-state index is 12.2. The van der Waals surface area contributed by atoms with E-state index in [9.17, 15) is 4.79 Å². The van der Waals surface area contributed by atoms with Gasteiger partial charge < -0.3 is 14.7 Å². The summed E-state index contributed by atoms with van der Waals surface area (Å²) in [5.74, 6) is 1.18. The van der Waals surface area contributed by atoms with Crippen molar-refractivity contribution in [2.75, 3.05) is 18.4 Å². The Kier molecular flexibility index (Phi) is 3.89. The topological polar surface area (TPSA) is 84.2 Å². The van der Waals surface area contributed by atoms with Crippen LogP contribution in [0, 0.1) is 6.92 Å². The molecule has 1 aromatic carbocycles. The van der Waals surface area contributed by atoms with E-state index in [0.29, 0.717) is 24.8 Å². The van der Waals surface area contributed by atoms with Gasteiger partial charge >= 0.3 is 6.03 Å². The van der Waals surface area contributed by atoms with Gasteiger partial charge in [-0.25, -0.2) is 4.79 Å². The Labute approximate surface area is 144 Å². The van der Waals surface area contributed by atoms with E-state index in [-0.39, 0.29) is 11.9 Å². The van der Waals surface area contributed by atoms with Crippen molar-refractivity contribution in [3.63, 3.8) is 0 Å². The largest absolute Gasteiger partial charge is 0.339 e. The van der Waals surface area contributed by atoms with Crippen molar-refractivity contribution in [1.29, 1.82) is 0 Å². The molecule has 0 radical (unpaired) electrons. The van der Waals surface area contributed by atoms with Crippen LogP contribution in [0.3, 0.4) is 0 Å². The Morgan fingerprint density at radius 3 is 2.60 bits per heavy atom. The van der Waals surface area contributed by atoms with Crippen molar-refractivity contribution >= 4 is 11.7 Å². The van der Waals surface area contributed by atoms with Crippen molar-refractivity contribution in [2.45, 2.75) is 12.8 Å². The van der Waals surface area contributed by atoms with Gasteiger partial charge in [0.1, 0.15) is 0 Å². The highest BCUT2D eigenvalue weighted by Gasteiger charge is 2.35. The number of nitrogens with one attached hydrogen (secondary N) is 1. The molecular formula is C18H17N5O2. The molecule has 2 amide bonds. The molecule has 1 aliphatic heterocycles. The molecule has 7 heteroatoms. The zero-order valence-corrected chi connectivity index (χ0v) is 13.7. The summed E-state index contributed by atoms with van der Waals surface area (Å²) >= 11 is 0. The monoisotopic (exact) mass is 335 g/mol. The number of nitrogens with zero attached hydrogens (tertiary/aromatic N) is 4. The number of amides is 2. The van der Waals surface area contributed by atoms with E-state index < -0.39 is 0 Å². The van der Waals surface area contributed by atoms with Crippen LogP contribution in [0.25, 0.3) is 11.4 Å². The minimum atomic E-state index is -0.117. The smallest absolute Gasteiger partial charge is 0.321 e. The number of benzene rings is 1. The number of anilines is 1. The van der Waals surface area contributed by atoms with Crippen molar-refractivity contribution < 1.29 is 9.32 Å². The number of aryl methyl sites for hydroxylation is 1. The molecule has 1 saturated heterocycles. The summed E-state index contributed by atoms with van der Waals surface area (Å²) in [5, 5.41) is 6.89. The summed E-state index contributed by atoms with van der Waals surface area (Å²) in [5.41, 5.74) is 2.80. The lowest BCUT2D eigenvalue weighted by atomic mass is 10.0. The summed E-state index contributed by atoms with van der Waals surface area (Å²) in [4.78, 5) is 22.3. The van der Waals surface area contributed by atoms with Gasteiger partial charge in [-0.2, -0.15) is 4.98 Å².